The SMILES string of the molecule is C=C[CH]NN. The van der Waals surface area contributed by atoms with Crippen LogP contribution in [0.2, 0.25) is 0 Å². The van der Waals surface area contributed by atoms with Gasteiger partial charge in [0.1, 0.15) is 0 Å². The zero-order valence-electron chi connectivity index (χ0n) is 2.94. The molecule has 0 saturated carbocycles. The summed E-state index contributed by atoms with van der Waals surface area (Å²) in [6.45, 7) is 4.89. The molecule has 0 fully saturated rings. The highest BCUT2D eigenvalue weighted by molar-refractivity contribution is 4.80. The van der Waals surface area contributed by atoms with Crippen LogP contribution >= 0.6 is 0 Å². The molecule has 0 aliphatic carbocycles. The topological polar surface area (TPSA) is 38.0 Å². The Balaban J connectivity index is 2.40. The fourth-order valence-corrected chi connectivity index (χ4v) is 0.0680. The van der Waals surface area contributed by atoms with Gasteiger partial charge in [0.05, 0.1) is 6.54 Å². The molecule has 0 amide bonds. The van der Waals surface area contributed by atoms with Gasteiger partial charge in [-0.05, 0) is 0 Å². The molecule has 0 saturated heterocycles. The maximum absolute atomic E-state index is 4.76. The van der Waals surface area contributed by atoms with Crippen molar-refractivity contribution >= 4 is 0 Å². The van der Waals surface area contributed by atoms with E-state index in [1.165, 1.54) is 0 Å². The lowest BCUT2D eigenvalue weighted by molar-refractivity contribution is 0.912. The first kappa shape index (κ1) is 4.66. The molecule has 0 aliphatic rings. The van der Waals surface area contributed by atoms with Crippen molar-refractivity contribution in [3.63, 3.8) is 0 Å². The molecule has 0 atom stereocenters. The molecule has 0 rings (SSSR count). The van der Waals surface area contributed by atoms with Crippen molar-refractivity contribution in [1.82, 2.24) is 5.43 Å². The van der Waals surface area contributed by atoms with Crippen LogP contribution < -0.4 is 11.3 Å². The number of hydrogen-bond donors (Lipinski definition) is 2. The van der Waals surface area contributed by atoms with Crippen molar-refractivity contribution in [2.24, 2.45) is 5.84 Å². The van der Waals surface area contributed by atoms with Gasteiger partial charge in [-0.1, -0.05) is 6.08 Å². The molecule has 0 aliphatic heterocycles. The molecule has 0 aromatic carbocycles. The highest BCUT2D eigenvalue weighted by Gasteiger charge is 1.58. The first-order valence-electron chi connectivity index (χ1n) is 1.32. The minimum absolute atomic E-state index is 1.54. The lowest BCUT2D eigenvalue weighted by Gasteiger charge is -1.79. The van der Waals surface area contributed by atoms with Crippen LogP contribution in [0, 0.1) is 6.54 Å². The molecule has 0 bridgehead atoms. The number of nitrogens with two attached hydrogens (primary N) is 1. The molecule has 3 N–H and O–H groups in total. The highest BCUT2D eigenvalue weighted by Crippen LogP contribution is 1.56. The molecule has 5 heavy (non-hydrogen) atoms. The molecule has 2 heteroatoms. The maximum atomic E-state index is 4.76. The monoisotopic (exact) mass is 71.1 g/mol. The summed E-state index contributed by atoms with van der Waals surface area (Å²) in [7, 11) is 0. The van der Waals surface area contributed by atoms with Gasteiger partial charge in [0.15, 0.2) is 0 Å². The standard InChI is InChI=1S/C3H7N2/c1-2-3-5-4/h2-3,5H,1,4H2. The molecule has 0 aromatic heterocycles. The van der Waals surface area contributed by atoms with Gasteiger partial charge in [-0.2, -0.15) is 0 Å². The summed E-state index contributed by atoms with van der Waals surface area (Å²) < 4.78 is 0. The molecule has 29 valence electrons. The summed E-state index contributed by atoms with van der Waals surface area (Å²) >= 11 is 0. The van der Waals surface area contributed by atoms with Crippen LogP contribution in [-0.4, -0.2) is 0 Å². The van der Waals surface area contributed by atoms with Crippen molar-refractivity contribution < 1.29 is 0 Å². The zero-order chi connectivity index (χ0) is 4.12. The zero-order valence-corrected chi connectivity index (χ0v) is 2.94. The summed E-state index contributed by atoms with van der Waals surface area (Å²) in [5, 5.41) is 0. The smallest absolute Gasteiger partial charge is 0.0590 e. The average molecular weight is 71.1 g/mol. The third-order valence-electron chi connectivity index (χ3n) is 0.214. The number of hydrogen-bond acceptors (Lipinski definition) is 2. The second-order valence-electron chi connectivity index (χ2n) is 0.569. The predicted octanol–water partition coefficient (Wildman–Crippen LogP) is -0.203. The fraction of sp³-hybridized carbons (Fsp3) is 0. The van der Waals surface area contributed by atoms with Gasteiger partial charge in [0, 0.05) is 0 Å². The van der Waals surface area contributed by atoms with E-state index in [1.54, 1.807) is 12.6 Å². The lowest BCUT2D eigenvalue weighted by atomic mass is 10.7. The van der Waals surface area contributed by atoms with Gasteiger partial charge < -0.3 is 0 Å². The Morgan fingerprint density at radius 2 is 2.40 bits per heavy atom. The summed E-state index contributed by atoms with van der Waals surface area (Å²) in [5.74, 6) is 4.76. The van der Waals surface area contributed by atoms with Crippen LogP contribution in [0.5, 0.6) is 0 Å². The predicted molar refractivity (Wildman–Crippen MR) is 21.8 cm³/mol. The molecule has 0 unspecified atom stereocenters. The van der Waals surface area contributed by atoms with E-state index in [1.807, 2.05) is 0 Å². The highest BCUT2D eigenvalue weighted by atomic mass is 15.2. The average Bonchev–Trinajstić information content (AvgIpc) is 1.41. The normalized spacial score (nSPS) is 7.40. The molecule has 0 heterocycles. The van der Waals surface area contributed by atoms with E-state index in [2.05, 4.69) is 12.0 Å². The molecule has 0 spiro atoms. The summed E-state index contributed by atoms with van der Waals surface area (Å²) in [5.41, 5.74) is 2.27. The van der Waals surface area contributed by atoms with E-state index in [0.717, 1.165) is 0 Å². The van der Waals surface area contributed by atoms with Gasteiger partial charge >= 0.3 is 0 Å². The van der Waals surface area contributed by atoms with E-state index in [4.69, 9.17) is 5.84 Å². The summed E-state index contributed by atoms with van der Waals surface area (Å²) in [6, 6.07) is 0. The maximum Gasteiger partial charge on any atom is 0.0590 e. The Morgan fingerprint density at radius 1 is 1.80 bits per heavy atom. The van der Waals surface area contributed by atoms with E-state index >= 15 is 0 Å². The number of rotatable bonds is 2. The first-order valence-corrected chi connectivity index (χ1v) is 1.32. The molecule has 0 aromatic rings. The Bertz CT molecular complexity index is 26.1. The summed E-state index contributed by atoms with van der Waals surface area (Å²) in [4.78, 5) is 0. The lowest BCUT2D eigenvalue weighted by Crippen LogP contribution is -2.16. The van der Waals surface area contributed by atoms with Gasteiger partial charge in [0.25, 0.3) is 0 Å². The van der Waals surface area contributed by atoms with Crippen molar-refractivity contribution in [1.29, 1.82) is 0 Å². The van der Waals surface area contributed by atoms with Crippen molar-refractivity contribution in [2.75, 3.05) is 0 Å². The third-order valence-corrected chi connectivity index (χ3v) is 0.214. The van der Waals surface area contributed by atoms with E-state index in [0.29, 0.717) is 0 Å². The van der Waals surface area contributed by atoms with Gasteiger partial charge in [-0.25, -0.2) is 0 Å². The van der Waals surface area contributed by atoms with E-state index < -0.39 is 0 Å². The van der Waals surface area contributed by atoms with Gasteiger partial charge in [-0.3, -0.25) is 11.3 Å². The van der Waals surface area contributed by atoms with Crippen LogP contribution in [0.1, 0.15) is 0 Å². The minimum atomic E-state index is 1.54. The second kappa shape index (κ2) is 3.66. The van der Waals surface area contributed by atoms with E-state index in [-0.39, 0.29) is 0 Å². The first-order chi connectivity index (χ1) is 2.41. The molecule has 1 radical (unpaired) electrons. The van der Waals surface area contributed by atoms with Crippen LogP contribution in [0.3, 0.4) is 0 Å². The van der Waals surface area contributed by atoms with Crippen molar-refractivity contribution in [2.45, 2.75) is 0 Å². The molecular weight excluding hydrogens is 64.0 g/mol. The van der Waals surface area contributed by atoms with Gasteiger partial charge in [0.2, 0.25) is 0 Å². The van der Waals surface area contributed by atoms with Crippen LogP contribution in [0.4, 0.5) is 0 Å². The van der Waals surface area contributed by atoms with Crippen LogP contribution in [-0.2, 0) is 0 Å². The van der Waals surface area contributed by atoms with Crippen LogP contribution in [0.25, 0.3) is 0 Å². The number of nitrogens with one attached hydrogen (secondary N) is 1. The van der Waals surface area contributed by atoms with Crippen LogP contribution in [0.15, 0.2) is 12.7 Å². The largest absolute Gasteiger partial charge is 0.271 e. The quantitative estimate of drug-likeness (QED) is 0.349. The minimum Gasteiger partial charge on any atom is -0.271 e. The Hall–Kier alpha value is -0.340. The Kier molecular flexibility index (Phi) is 3.41. The fourth-order valence-electron chi connectivity index (χ4n) is 0.0680. The summed E-state index contributed by atoms with van der Waals surface area (Å²) in [6.07, 6.45) is 1.57. The van der Waals surface area contributed by atoms with Gasteiger partial charge in [-0.15, -0.1) is 6.58 Å². The molecular formula is C3H7N2. The Morgan fingerprint density at radius 3 is 2.40 bits per heavy atom. The third kappa shape index (κ3) is 3.66. The van der Waals surface area contributed by atoms with Crippen molar-refractivity contribution in [3.05, 3.63) is 19.2 Å². The number of hydrazine groups is 1. The van der Waals surface area contributed by atoms with E-state index in [9.17, 15) is 0 Å². The Labute approximate surface area is 31.6 Å². The molecule has 2 nitrogen and oxygen atoms in total. The van der Waals surface area contributed by atoms with Crippen molar-refractivity contribution in [3.8, 4) is 0 Å². The second-order valence-corrected chi connectivity index (χ2v) is 0.569.